The second kappa shape index (κ2) is 3.47. The topological polar surface area (TPSA) is 61.8 Å². The van der Waals surface area contributed by atoms with Gasteiger partial charge in [-0.2, -0.15) is 0 Å². The number of ether oxygens (including phenoxy) is 1. The minimum Gasteiger partial charge on any atom is -0.465 e. The first-order valence-electron chi connectivity index (χ1n) is 3.81. The lowest BCUT2D eigenvalue weighted by molar-refractivity contribution is -0.0990. The highest BCUT2D eigenvalue weighted by Crippen LogP contribution is 2.22. The van der Waals surface area contributed by atoms with Crippen LogP contribution in [0.1, 0.15) is 6.92 Å². The van der Waals surface area contributed by atoms with Crippen LogP contribution in [0.4, 0.5) is 4.79 Å². The molecule has 1 fully saturated rings. The normalized spacial score (nSPS) is 18.6. The molecule has 5 nitrogen and oxygen atoms in total. The fraction of sp³-hybridized carbons (Fsp3) is 0.714. The number of hydrogen-bond donors (Lipinski definition) is 2. The zero-order valence-electron chi connectivity index (χ0n) is 7.53. The molecule has 0 aromatic heterocycles. The van der Waals surface area contributed by atoms with E-state index in [0.29, 0.717) is 13.2 Å². The van der Waals surface area contributed by atoms with E-state index in [1.54, 1.807) is 11.9 Å². The van der Waals surface area contributed by atoms with Gasteiger partial charge in [0.05, 0.1) is 18.8 Å². The molecular formula is C7H12N2O3S. The summed E-state index contributed by atoms with van der Waals surface area (Å²) in [6.45, 7) is 3.11. The molecule has 0 aromatic carbocycles. The Kier molecular flexibility index (Phi) is 2.72. The van der Waals surface area contributed by atoms with E-state index in [0.717, 1.165) is 0 Å². The van der Waals surface area contributed by atoms with Gasteiger partial charge in [0.15, 0.2) is 5.11 Å². The van der Waals surface area contributed by atoms with Crippen molar-refractivity contribution >= 4 is 23.4 Å². The molecule has 74 valence electrons. The van der Waals surface area contributed by atoms with Crippen LogP contribution in [0.3, 0.4) is 0 Å². The number of nitrogens with one attached hydrogen (secondary N) is 1. The molecule has 1 amide bonds. The maximum atomic E-state index is 10.3. The van der Waals surface area contributed by atoms with Gasteiger partial charge in [-0.1, -0.05) is 0 Å². The van der Waals surface area contributed by atoms with E-state index >= 15 is 0 Å². The maximum Gasteiger partial charge on any atom is 0.410 e. The Morgan fingerprint density at radius 3 is 2.54 bits per heavy atom. The summed E-state index contributed by atoms with van der Waals surface area (Å²) in [7, 11) is 1.75. The van der Waals surface area contributed by atoms with Gasteiger partial charge < -0.3 is 14.7 Å². The van der Waals surface area contributed by atoms with Crippen LogP contribution in [0.5, 0.6) is 0 Å². The molecule has 1 aliphatic heterocycles. The first kappa shape index (κ1) is 10.2. The third-order valence-electron chi connectivity index (χ3n) is 2.15. The molecule has 6 heteroatoms. The van der Waals surface area contributed by atoms with E-state index < -0.39 is 6.09 Å². The van der Waals surface area contributed by atoms with Crippen molar-refractivity contribution in [3.63, 3.8) is 0 Å². The number of rotatable bonds is 1. The minimum atomic E-state index is -1.14. The Labute approximate surface area is 81.7 Å². The molecule has 0 bridgehead atoms. The van der Waals surface area contributed by atoms with Crippen molar-refractivity contribution in [2.45, 2.75) is 12.5 Å². The van der Waals surface area contributed by atoms with Crippen LogP contribution in [0.2, 0.25) is 0 Å². The fourth-order valence-corrected chi connectivity index (χ4v) is 1.32. The van der Waals surface area contributed by atoms with E-state index in [1.807, 2.05) is 6.92 Å². The summed E-state index contributed by atoms with van der Waals surface area (Å²) in [5, 5.41) is 10.8. The lowest BCUT2D eigenvalue weighted by Crippen LogP contribution is -2.62. The van der Waals surface area contributed by atoms with Crippen molar-refractivity contribution in [1.29, 1.82) is 0 Å². The number of thiocarbonyl (C=S) groups is 1. The zero-order valence-corrected chi connectivity index (χ0v) is 8.35. The number of amides is 1. The molecule has 1 rings (SSSR count). The van der Waals surface area contributed by atoms with Crippen LogP contribution in [-0.4, -0.2) is 47.0 Å². The maximum absolute atomic E-state index is 10.3. The molecule has 1 saturated heterocycles. The number of carboxylic acid groups (broad SMARTS) is 1. The van der Waals surface area contributed by atoms with Gasteiger partial charge in [0.25, 0.3) is 0 Å². The SMILES string of the molecule is CN(C(=S)NC(=O)O)C1(C)COC1. The molecular weight excluding hydrogens is 192 g/mol. The highest BCUT2D eigenvalue weighted by atomic mass is 32.1. The van der Waals surface area contributed by atoms with Gasteiger partial charge in [0.1, 0.15) is 0 Å². The second-order valence-electron chi connectivity index (χ2n) is 3.28. The molecule has 13 heavy (non-hydrogen) atoms. The van der Waals surface area contributed by atoms with Gasteiger partial charge >= 0.3 is 6.09 Å². The van der Waals surface area contributed by atoms with E-state index in [-0.39, 0.29) is 10.7 Å². The van der Waals surface area contributed by atoms with Gasteiger partial charge in [-0.3, -0.25) is 5.32 Å². The van der Waals surface area contributed by atoms with E-state index in [9.17, 15) is 4.79 Å². The van der Waals surface area contributed by atoms with Gasteiger partial charge in [-0.25, -0.2) is 4.79 Å². The van der Waals surface area contributed by atoms with Crippen molar-refractivity contribution < 1.29 is 14.6 Å². The lowest BCUT2D eigenvalue weighted by atomic mass is 9.99. The summed E-state index contributed by atoms with van der Waals surface area (Å²) in [4.78, 5) is 12.0. The monoisotopic (exact) mass is 204 g/mol. The Bertz CT molecular complexity index is 240. The smallest absolute Gasteiger partial charge is 0.410 e. The van der Waals surface area contributed by atoms with E-state index in [1.165, 1.54) is 0 Å². The Hall–Kier alpha value is -0.880. The molecule has 0 aromatic rings. The highest BCUT2D eigenvalue weighted by Gasteiger charge is 2.38. The second-order valence-corrected chi connectivity index (χ2v) is 3.67. The predicted octanol–water partition coefficient (Wildman–Crippen LogP) is 0.260. The number of hydrogen-bond acceptors (Lipinski definition) is 3. The van der Waals surface area contributed by atoms with Gasteiger partial charge in [0, 0.05) is 7.05 Å². The Morgan fingerprint density at radius 2 is 2.23 bits per heavy atom. The first-order valence-corrected chi connectivity index (χ1v) is 4.22. The van der Waals surface area contributed by atoms with Crippen molar-refractivity contribution in [1.82, 2.24) is 10.2 Å². The molecule has 2 N–H and O–H groups in total. The summed E-state index contributed by atoms with van der Waals surface area (Å²) < 4.78 is 5.04. The van der Waals surface area contributed by atoms with E-state index in [2.05, 4.69) is 5.32 Å². The highest BCUT2D eigenvalue weighted by molar-refractivity contribution is 7.80. The van der Waals surface area contributed by atoms with Crippen LogP contribution in [0.15, 0.2) is 0 Å². The fourth-order valence-electron chi connectivity index (χ4n) is 1.01. The van der Waals surface area contributed by atoms with Crippen LogP contribution < -0.4 is 5.32 Å². The lowest BCUT2D eigenvalue weighted by Gasteiger charge is -2.46. The van der Waals surface area contributed by atoms with Gasteiger partial charge in [-0.15, -0.1) is 0 Å². The Morgan fingerprint density at radius 1 is 1.69 bits per heavy atom. The van der Waals surface area contributed by atoms with Gasteiger partial charge in [-0.05, 0) is 19.1 Å². The molecule has 0 unspecified atom stereocenters. The molecule has 0 atom stereocenters. The predicted molar refractivity (Wildman–Crippen MR) is 50.7 cm³/mol. The zero-order chi connectivity index (χ0) is 10.1. The average Bonchev–Trinajstić information content (AvgIpc) is 1.97. The summed E-state index contributed by atoms with van der Waals surface area (Å²) in [6, 6.07) is 0. The Balaban J connectivity index is 2.51. The van der Waals surface area contributed by atoms with Crippen LogP contribution in [0, 0.1) is 0 Å². The summed E-state index contributed by atoms with van der Waals surface area (Å²) >= 11 is 4.88. The molecule has 0 spiro atoms. The minimum absolute atomic E-state index is 0.167. The molecule has 0 aliphatic carbocycles. The van der Waals surface area contributed by atoms with Crippen molar-refractivity contribution in [2.75, 3.05) is 20.3 Å². The quantitative estimate of drug-likeness (QED) is 0.600. The number of nitrogens with zero attached hydrogens (tertiary/aromatic N) is 1. The van der Waals surface area contributed by atoms with Crippen molar-refractivity contribution in [2.24, 2.45) is 0 Å². The first-order chi connectivity index (χ1) is 5.96. The number of likely N-dealkylation sites (N-methyl/N-ethyl adjacent to an activating group) is 1. The number of carbonyl (C=O) groups is 1. The standard InChI is InChI=1S/C7H12N2O3S/c1-7(3-12-4-7)9(2)5(13)8-6(10)11/h3-4H2,1-2H3,(H,8,13)(H,10,11). The van der Waals surface area contributed by atoms with Gasteiger partial charge in [0.2, 0.25) is 0 Å². The molecule has 0 radical (unpaired) electrons. The molecule has 0 saturated carbocycles. The average molecular weight is 204 g/mol. The summed E-state index contributed by atoms with van der Waals surface area (Å²) in [5.41, 5.74) is -0.167. The molecule has 1 aliphatic rings. The van der Waals surface area contributed by atoms with Crippen LogP contribution >= 0.6 is 12.2 Å². The van der Waals surface area contributed by atoms with E-state index in [4.69, 9.17) is 22.1 Å². The summed E-state index contributed by atoms with van der Waals surface area (Å²) in [5.74, 6) is 0. The van der Waals surface area contributed by atoms with Crippen LogP contribution in [-0.2, 0) is 4.74 Å². The van der Waals surface area contributed by atoms with Crippen molar-refractivity contribution in [3.05, 3.63) is 0 Å². The van der Waals surface area contributed by atoms with Crippen molar-refractivity contribution in [3.8, 4) is 0 Å². The summed E-state index contributed by atoms with van der Waals surface area (Å²) in [6.07, 6.45) is -1.14. The third kappa shape index (κ3) is 2.07. The van der Waals surface area contributed by atoms with Crippen LogP contribution in [0.25, 0.3) is 0 Å². The largest absolute Gasteiger partial charge is 0.465 e. The third-order valence-corrected chi connectivity index (χ3v) is 2.53. The molecule has 1 heterocycles.